The predicted molar refractivity (Wildman–Crippen MR) is 80.2 cm³/mol. The summed E-state index contributed by atoms with van der Waals surface area (Å²) in [6.45, 7) is 6.26. The van der Waals surface area contributed by atoms with Crippen LogP contribution in [0.25, 0.3) is 0 Å². The van der Waals surface area contributed by atoms with Crippen LogP contribution in [0.3, 0.4) is 0 Å². The van der Waals surface area contributed by atoms with E-state index in [1.807, 2.05) is 6.07 Å². The van der Waals surface area contributed by atoms with Crippen LogP contribution in [-0.2, 0) is 6.54 Å². The first-order chi connectivity index (χ1) is 8.36. The summed E-state index contributed by atoms with van der Waals surface area (Å²) in [7, 11) is 5.88. The lowest BCUT2D eigenvalue weighted by molar-refractivity contribution is 0.190. The fraction of sp³-hybridized carbons (Fsp3) is 0.571. The van der Waals surface area contributed by atoms with Gasteiger partial charge in [0.25, 0.3) is 0 Å². The molecule has 1 rings (SSSR count). The van der Waals surface area contributed by atoms with Gasteiger partial charge in [0.15, 0.2) is 0 Å². The van der Waals surface area contributed by atoms with E-state index in [2.05, 4.69) is 66.2 Å². The molecule has 0 aliphatic rings. The Balaban J connectivity index is 2.52. The highest BCUT2D eigenvalue weighted by Gasteiger charge is 2.19. The molecule has 0 atom stereocenters. The van der Waals surface area contributed by atoms with Gasteiger partial charge >= 0.3 is 0 Å². The lowest BCUT2D eigenvalue weighted by Gasteiger charge is -2.32. The summed E-state index contributed by atoms with van der Waals surface area (Å²) in [4.78, 5) is 2.23. The summed E-state index contributed by atoms with van der Waals surface area (Å²) >= 11 is 3.50. The average molecular weight is 315 g/mol. The molecular weight excluding hydrogens is 292 g/mol. The largest absolute Gasteiger partial charge is 0.496 e. The first kappa shape index (κ1) is 15.5. The Morgan fingerprint density at radius 2 is 2.00 bits per heavy atom. The number of hydrogen-bond donors (Lipinski definition) is 1. The van der Waals surface area contributed by atoms with Gasteiger partial charge in [0.1, 0.15) is 5.75 Å². The smallest absolute Gasteiger partial charge is 0.133 e. The van der Waals surface area contributed by atoms with Crippen LogP contribution in [0.15, 0.2) is 22.7 Å². The Morgan fingerprint density at radius 3 is 2.50 bits per heavy atom. The maximum atomic E-state index is 5.22. The average Bonchev–Trinajstić information content (AvgIpc) is 2.29. The Labute approximate surface area is 119 Å². The van der Waals surface area contributed by atoms with Crippen molar-refractivity contribution < 1.29 is 4.74 Å². The molecule has 0 saturated heterocycles. The summed E-state index contributed by atoms with van der Waals surface area (Å²) < 4.78 is 6.21. The Kier molecular flexibility index (Phi) is 5.63. The van der Waals surface area contributed by atoms with Crippen LogP contribution in [0, 0.1) is 0 Å². The van der Waals surface area contributed by atoms with Crippen molar-refractivity contribution in [3.05, 3.63) is 28.2 Å². The van der Waals surface area contributed by atoms with E-state index in [1.54, 1.807) is 7.11 Å². The van der Waals surface area contributed by atoms with Crippen molar-refractivity contribution in [1.29, 1.82) is 0 Å². The highest BCUT2D eigenvalue weighted by Crippen LogP contribution is 2.25. The highest BCUT2D eigenvalue weighted by atomic mass is 79.9. The number of rotatable bonds is 6. The van der Waals surface area contributed by atoms with Gasteiger partial charge in [-0.25, -0.2) is 0 Å². The molecule has 1 N–H and O–H groups in total. The molecule has 0 fully saturated rings. The number of nitrogens with one attached hydrogen (secondary N) is 1. The van der Waals surface area contributed by atoms with Gasteiger partial charge in [-0.05, 0) is 61.6 Å². The van der Waals surface area contributed by atoms with Crippen molar-refractivity contribution in [3.63, 3.8) is 0 Å². The van der Waals surface area contributed by atoms with Crippen molar-refractivity contribution in [2.45, 2.75) is 25.9 Å². The van der Waals surface area contributed by atoms with Crippen LogP contribution in [0.2, 0.25) is 0 Å². The molecule has 1 aromatic carbocycles. The molecule has 0 saturated carbocycles. The molecule has 0 spiro atoms. The maximum absolute atomic E-state index is 5.22. The van der Waals surface area contributed by atoms with E-state index in [-0.39, 0.29) is 5.54 Å². The molecule has 0 unspecified atom stereocenters. The van der Waals surface area contributed by atoms with Crippen LogP contribution >= 0.6 is 15.9 Å². The number of nitrogens with zero attached hydrogens (tertiary/aromatic N) is 1. The second-order valence-corrected chi connectivity index (χ2v) is 6.13. The minimum absolute atomic E-state index is 0.156. The summed E-state index contributed by atoms with van der Waals surface area (Å²) in [5.41, 5.74) is 1.40. The van der Waals surface area contributed by atoms with Crippen LogP contribution in [0.5, 0.6) is 5.75 Å². The van der Waals surface area contributed by atoms with Gasteiger partial charge in [-0.3, -0.25) is 0 Å². The van der Waals surface area contributed by atoms with Crippen molar-refractivity contribution >= 4 is 15.9 Å². The molecule has 4 heteroatoms. The molecule has 0 amide bonds. The molecule has 0 bridgehead atoms. The number of methoxy groups -OCH3 is 1. The van der Waals surface area contributed by atoms with Gasteiger partial charge in [-0.2, -0.15) is 0 Å². The molecule has 0 aliphatic heterocycles. The molecule has 0 radical (unpaired) electrons. The predicted octanol–water partition coefficient (Wildman–Crippen LogP) is 2.89. The van der Waals surface area contributed by atoms with Gasteiger partial charge < -0.3 is 15.0 Å². The third kappa shape index (κ3) is 4.26. The fourth-order valence-electron chi connectivity index (χ4n) is 1.49. The molecule has 0 aliphatic carbocycles. The topological polar surface area (TPSA) is 24.5 Å². The number of benzene rings is 1. The fourth-order valence-corrected chi connectivity index (χ4v) is 2.08. The normalized spacial score (nSPS) is 11.9. The quantitative estimate of drug-likeness (QED) is 0.873. The molecule has 0 heterocycles. The number of hydrogen-bond acceptors (Lipinski definition) is 3. The van der Waals surface area contributed by atoms with Crippen molar-refractivity contribution in [1.82, 2.24) is 10.2 Å². The van der Waals surface area contributed by atoms with E-state index < -0.39 is 0 Å². The molecule has 3 nitrogen and oxygen atoms in total. The standard InChI is InChI=1S/C14H23BrN2O/c1-14(2,17(3)4)10-16-9-11-6-7-13(18-5)12(15)8-11/h6-8,16H,9-10H2,1-5H3. The summed E-state index contributed by atoms with van der Waals surface area (Å²) in [6, 6.07) is 6.16. The zero-order chi connectivity index (χ0) is 13.8. The van der Waals surface area contributed by atoms with Crippen LogP contribution in [-0.4, -0.2) is 38.2 Å². The van der Waals surface area contributed by atoms with Gasteiger partial charge in [0.2, 0.25) is 0 Å². The first-order valence-electron chi connectivity index (χ1n) is 6.07. The van der Waals surface area contributed by atoms with E-state index in [0.717, 1.165) is 23.3 Å². The Morgan fingerprint density at radius 1 is 1.33 bits per heavy atom. The maximum Gasteiger partial charge on any atom is 0.133 e. The minimum Gasteiger partial charge on any atom is -0.496 e. The van der Waals surface area contributed by atoms with Crippen LogP contribution < -0.4 is 10.1 Å². The zero-order valence-corrected chi connectivity index (χ0v) is 13.5. The summed E-state index contributed by atoms with van der Waals surface area (Å²) in [5, 5.41) is 3.48. The minimum atomic E-state index is 0.156. The summed E-state index contributed by atoms with van der Waals surface area (Å²) in [5.74, 6) is 0.868. The molecule has 102 valence electrons. The van der Waals surface area contributed by atoms with Crippen LogP contribution in [0.1, 0.15) is 19.4 Å². The molecule has 0 aromatic heterocycles. The number of halogens is 1. The molecular formula is C14H23BrN2O. The van der Waals surface area contributed by atoms with Crippen molar-refractivity contribution in [2.24, 2.45) is 0 Å². The Hall–Kier alpha value is -0.580. The third-order valence-electron chi connectivity index (χ3n) is 3.31. The number of ether oxygens (including phenoxy) is 1. The highest BCUT2D eigenvalue weighted by molar-refractivity contribution is 9.10. The van der Waals surface area contributed by atoms with Gasteiger partial charge in [0, 0.05) is 18.6 Å². The molecule has 18 heavy (non-hydrogen) atoms. The SMILES string of the molecule is COc1ccc(CNCC(C)(C)N(C)C)cc1Br. The van der Waals surface area contributed by atoms with Gasteiger partial charge in [-0.1, -0.05) is 6.07 Å². The summed E-state index contributed by atoms with van der Waals surface area (Å²) in [6.07, 6.45) is 0. The van der Waals surface area contributed by atoms with Crippen LogP contribution in [0.4, 0.5) is 0 Å². The zero-order valence-electron chi connectivity index (χ0n) is 11.9. The van der Waals surface area contributed by atoms with Crippen molar-refractivity contribution in [2.75, 3.05) is 27.7 Å². The van der Waals surface area contributed by atoms with Gasteiger partial charge in [0.05, 0.1) is 11.6 Å². The van der Waals surface area contributed by atoms with E-state index in [1.165, 1.54) is 5.56 Å². The molecule has 1 aromatic rings. The van der Waals surface area contributed by atoms with Crippen molar-refractivity contribution in [3.8, 4) is 5.75 Å². The second kappa shape index (κ2) is 6.55. The number of likely N-dealkylation sites (N-methyl/N-ethyl adjacent to an activating group) is 1. The van der Waals surface area contributed by atoms with E-state index >= 15 is 0 Å². The second-order valence-electron chi connectivity index (χ2n) is 5.28. The lowest BCUT2D eigenvalue weighted by Crippen LogP contribution is -2.46. The van der Waals surface area contributed by atoms with Gasteiger partial charge in [-0.15, -0.1) is 0 Å². The first-order valence-corrected chi connectivity index (χ1v) is 6.86. The Bertz CT molecular complexity index is 391. The van der Waals surface area contributed by atoms with E-state index in [0.29, 0.717) is 0 Å². The van der Waals surface area contributed by atoms with E-state index in [4.69, 9.17) is 4.74 Å². The lowest BCUT2D eigenvalue weighted by atomic mass is 10.0. The third-order valence-corrected chi connectivity index (χ3v) is 3.93. The monoisotopic (exact) mass is 314 g/mol. The van der Waals surface area contributed by atoms with E-state index in [9.17, 15) is 0 Å².